The molecule has 0 bridgehead atoms. The van der Waals surface area contributed by atoms with Crippen molar-refractivity contribution in [3.63, 3.8) is 0 Å². The molecule has 0 aliphatic carbocycles. The lowest BCUT2D eigenvalue weighted by Gasteiger charge is -2.06. The fraction of sp³-hybridized carbons (Fsp3) is 0.467. The van der Waals surface area contributed by atoms with Crippen LogP contribution in [0.25, 0.3) is 0 Å². The number of halogens is 1. The first-order valence-corrected chi connectivity index (χ1v) is 7.89. The zero-order valence-corrected chi connectivity index (χ0v) is 14.2. The van der Waals surface area contributed by atoms with E-state index < -0.39 is 0 Å². The van der Waals surface area contributed by atoms with Gasteiger partial charge in [0.05, 0.1) is 5.25 Å². The molecule has 6 heteroatoms. The fourth-order valence-electron chi connectivity index (χ4n) is 1.76. The average Bonchev–Trinajstić information content (AvgIpc) is 2.94. The summed E-state index contributed by atoms with van der Waals surface area (Å²) in [6, 6.07) is 10.8. The summed E-state index contributed by atoms with van der Waals surface area (Å²) in [4.78, 5) is 4.47. The van der Waals surface area contributed by atoms with E-state index in [-0.39, 0.29) is 17.7 Å². The van der Waals surface area contributed by atoms with Crippen molar-refractivity contribution in [3.8, 4) is 0 Å². The lowest BCUT2D eigenvalue weighted by Crippen LogP contribution is -2.24. The lowest BCUT2D eigenvalue weighted by atomic mass is 10.2. The maximum absolute atomic E-state index is 5.35. The van der Waals surface area contributed by atoms with Crippen LogP contribution in [-0.4, -0.2) is 23.2 Å². The molecule has 0 spiro atoms. The third-order valence-corrected chi connectivity index (χ3v) is 4.36. The van der Waals surface area contributed by atoms with Crippen LogP contribution in [-0.2, 0) is 12.2 Å². The summed E-state index contributed by atoms with van der Waals surface area (Å²) in [6.07, 6.45) is 0.788. The number of nitrogens with zero attached hydrogens (tertiary/aromatic N) is 2. The number of aromatic nitrogens is 2. The van der Waals surface area contributed by atoms with Crippen LogP contribution in [0.15, 0.2) is 34.9 Å². The van der Waals surface area contributed by atoms with Gasteiger partial charge in [0.15, 0.2) is 5.82 Å². The Labute approximate surface area is 136 Å². The van der Waals surface area contributed by atoms with Crippen LogP contribution in [0.5, 0.6) is 0 Å². The first kappa shape index (κ1) is 18.0. The molecule has 1 aromatic carbocycles. The highest BCUT2D eigenvalue weighted by atomic mass is 35.5. The van der Waals surface area contributed by atoms with Gasteiger partial charge in [-0.2, -0.15) is 4.98 Å². The molecule has 21 heavy (non-hydrogen) atoms. The van der Waals surface area contributed by atoms with Gasteiger partial charge < -0.3 is 9.84 Å². The molecule has 2 unspecified atom stereocenters. The van der Waals surface area contributed by atoms with Gasteiger partial charge in [-0.15, -0.1) is 24.2 Å². The number of hydrogen-bond donors (Lipinski definition) is 1. The minimum atomic E-state index is 0. The summed E-state index contributed by atoms with van der Waals surface area (Å²) in [6.45, 7) is 4.20. The topological polar surface area (TPSA) is 51.0 Å². The van der Waals surface area contributed by atoms with Crippen molar-refractivity contribution in [2.24, 2.45) is 0 Å². The molecule has 4 nitrogen and oxygen atoms in total. The molecule has 0 aliphatic rings. The molecule has 0 fully saturated rings. The number of hydrogen-bond acceptors (Lipinski definition) is 5. The molecule has 0 saturated heterocycles. The lowest BCUT2D eigenvalue weighted by molar-refractivity contribution is 0.373. The molecular weight excluding hydrogens is 306 g/mol. The van der Waals surface area contributed by atoms with Crippen molar-refractivity contribution < 1.29 is 4.52 Å². The van der Waals surface area contributed by atoms with Crippen LogP contribution in [0.3, 0.4) is 0 Å². The highest BCUT2D eigenvalue weighted by Gasteiger charge is 2.15. The van der Waals surface area contributed by atoms with Gasteiger partial charge in [-0.25, -0.2) is 0 Å². The number of likely N-dealkylation sites (N-methyl/N-ethyl adjacent to an activating group) is 1. The molecule has 2 aromatic rings. The number of rotatable bonds is 7. The SMILES string of the molecule is CNC(C)Cc1noc(C(C)SCc2ccccc2)n1.Cl. The number of nitrogens with one attached hydrogen (secondary N) is 1. The second-order valence-electron chi connectivity index (χ2n) is 4.88. The van der Waals surface area contributed by atoms with Gasteiger partial charge in [-0.05, 0) is 26.5 Å². The van der Waals surface area contributed by atoms with Gasteiger partial charge >= 0.3 is 0 Å². The second kappa shape index (κ2) is 9.07. The minimum absolute atomic E-state index is 0. The van der Waals surface area contributed by atoms with Gasteiger partial charge in [0.1, 0.15) is 0 Å². The Bertz CT molecular complexity index is 521. The fourth-order valence-corrected chi connectivity index (χ4v) is 2.63. The smallest absolute Gasteiger partial charge is 0.239 e. The van der Waals surface area contributed by atoms with Crippen LogP contribution in [0.1, 0.15) is 36.4 Å². The molecule has 2 rings (SSSR count). The Morgan fingerprint density at radius 3 is 2.62 bits per heavy atom. The Hall–Kier alpha value is -1.04. The van der Waals surface area contributed by atoms with Crippen molar-refractivity contribution in [2.75, 3.05) is 7.05 Å². The third kappa shape index (κ3) is 5.69. The highest BCUT2D eigenvalue weighted by Crippen LogP contribution is 2.29. The molecular formula is C15H22ClN3OS. The monoisotopic (exact) mass is 327 g/mol. The van der Waals surface area contributed by atoms with Crippen molar-refractivity contribution >= 4 is 24.2 Å². The van der Waals surface area contributed by atoms with Gasteiger partial charge in [0.25, 0.3) is 0 Å². The Morgan fingerprint density at radius 2 is 1.95 bits per heavy atom. The van der Waals surface area contributed by atoms with E-state index in [9.17, 15) is 0 Å². The molecule has 116 valence electrons. The van der Waals surface area contributed by atoms with E-state index in [1.807, 2.05) is 24.9 Å². The predicted octanol–water partition coefficient (Wildman–Crippen LogP) is 3.64. The summed E-state index contributed by atoms with van der Waals surface area (Å²) in [5.74, 6) is 2.44. The largest absolute Gasteiger partial charge is 0.338 e. The van der Waals surface area contributed by atoms with Crippen molar-refractivity contribution in [2.45, 2.75) is 37.3 Å². The summed E-state index contributed by atoms with van der Waals surface area (Å²) in [5, 5.41) is 7.42. The van der Waals surface area contributed by atoms with Crippen molar-refractivity contribution in [3.05, 3.63) is 47.6 Å². The first-order valence-electron chi connectivity index (χ1n) is 6.84. The van der Waals surface area contributed by atoms with Gasteiger partial charge in [0.2, 0.25) is 5.89 Å². The number of thioether (sulfide) groups is 1. The molecule has 1 aromatic heterocycles. The molecule has 2 atom stereocenters. The van der Waals surface area contributed by atoms with Crippen LogP contribution in [0, 0.1) is 0 Å². The number of benzene rings is 1. The quantitative estimate of drug-likeness (QED) is 0.841. The summed E-state index contributed by atoms with van der Waals surface area (Å²) in [5.41, 5.74) is 1.31. The molecule has 0 aliphatic heterocycles. The maximum atomic E-state index is 5.35. The van der Waals surface area contributed by atoms with Crippen LogP contribution in [0.2, 0.25) is 0 Å². The molecule has 0 amide bonds. The van der Waals surface area contributed by atoms with E-state index in [0.717, 1.165) is 18.0 Å². The van der Waals surface area contributed by atoms with E-state index >= 15 is 0 Å². The van der Waals surface area contributed by atoms with Crippen LogP contribution >= 0.6 is 24.2 Å². The minimum Gasteiger partial charge on any atom is -0.338 e. The van der Waals surface area contributed by atoms with E-state index in [1.165, 1.54) is 5.56 Å². The third-order valence-electron chi connectivity index (χ3n) is 3.16. The molecule has 0 saturated carbocycles. The summed E-state index contributed by atoms with van der Waals surface area (Å²) in [7, 11) is 1.93. The van der Waals surface area contributed by atoms with E-state index in [2.05, 4.69) is 53.6 Å². The predicted molar refractivity (Wildman–Crippen MR) is 89.9 cm³/mol. The van der Waals surface area contributed by atoms with E-state index in [4.69, 9.17) is 4.52 Å². The van der Waals surface area contributed by atoms with Crippen LogP contribution < -0.4 is 5.32 Å². The Kier molecular flexibility index (Phi) is 7.78. The van der Waals surface area contributed by atoms with Gasteiger partial charge in [-0.3, -0.25) is 0 Å². The molecule has 0 radical (unpaired) electrons. The van der Waals surface area contributed by atoms with E-state index in [0.29, 0.717) is 11.9 Å². The normalized spacial score (nSPS) is 13.5. The molecule has 1 heterocycles. The molecule has 1 N–H and O–H groups in total. The van der Waals surface area contributed by atoms with Gasteiger partial charge in [0, 0.05) is 18.2 Å². The average molecular weight is 328 g/mol. The van der Waals surface area contributed by atoms with E-state index in [1.54, 1.807) is 0 Å². The standard InChI is InChI=1S/C15H21N3OS.ClH/c1-11(16-3)9-14-17-15(19-18-14)12(2)20-10-13-7-5-4-6-8-13;/h4-8,11-12,16H,9-10H2,1-3H3;1H. The Morgan fingerprint density at radius 1 is 1.24 bits per heavy atom. The summed E-state index contributed by atoms with van der Waals surface area (Å²) >= 11 is 1.81. The highest BCUT2D eigenvalue weighted by molar-refractivity contribution is 7.98. The van der Waals surface area contributed by atoms with Crippen LogP contribution in [0.4, 0.5) is 0 Å². The Balaban J connectivity index is 0.00000220. The zero-order valence-electron chi connectivity index (χ0n) is 12.6. The van der Waals surface area contributed by atoms with Gasteiger partial charge in [-0.1, -0.05) is 35.5 Å². The first-order chi connectivity index (χ1) is 9.69. The summed E-state index contributed by atoms with van der Waals surface area (Å²) < 4.78 is 5.35. The maximum Gasteiger partial charge on any atom is 0.239 e. The van der Waals surface area contributed by atoms with Crippen molar-refractivity contribution in [1.82, 2.24) is 15.5 Å². The second-order valence-corrected chi connectivity index (χ2v) is 6.21. The zero-order chi connectivity index (χ0) is 14.4. The van der Waals surface area contributed by atoms with Crippen molar-refractivity contribution in [1.29, 1.82) is 0 Å².